The number of nitrogens with zero attached hydrogens (tertiary/aromatic N) is 2. The fourth-order valence-corrected chi connectivity index (χ4v) is 4.98. The second-order valence-electron chi connectivity index (χ2n) is 7.27. The number of allylic oxidation sites excluding steroid dienone is 1. The van der Waals surface area contributed by atoms with E-state index in [4.69, 9.17) is 4.42 Å². The quantitative estimate of drug-likeness (QED) is 0.284. The Hall–Kier alpha value is -3.77. The van der Waals surface area contributed by atoms with Gasteiger partial charge in [-0.2, -0.15) is 0 Å². The first-order valence-electron chi connectivity index (χ1n) is 9.44. The van der Waals surface area contributed by atoms with Crippen LogP contribution in [-0.4, -0.2) is 21.1 Å². The molecule has 5 nitrogen and oxygen atoms in total. The van der Waals surface area contributed by atoms with Crippen molar-refractivity contribution in [1.82, 2.24) is 9.55 Å². The van der Waals surface area contributed by atoms with Crippen molar-refractivity contribution in [1.29, 1.82) is 0 Å². The number of imidazole rings is 1. The van der Waals surface area contributed by atoms with Gasteiger partial charge in [-0.3, -0.25) is 9.59 Å². The zero-order valence-corrected chi connectivity index (χ0v) is 16.7. The number of carbonyl (C=O) groups is 2. The summed E-state index contributed by atoms with van der Waals surface area (Å²) < 4.78 is 7.40. The molecule has 0 saturated carbocycles. The highest BCUT2D eigenvalue weighted by molar-refractivity contribution is 7.19. The maximum Gasteiger partial charge on any atom is 0.197 e. The average Bonchev–Trinajstić information content (AvgIpc) is 3.51. The van der Waals surface area contributed by atoms with E-state index in [0.29, 0.717) is 16.9 Å². The number of aryl methyl sites for hydroxylation is 1. The number of Topliss-reactive ketones (excluding diaryl/α,β-unsaturated/α-hetero) is 2. The van der Waals surface area contributed by atoms with Crippen molar-refractivity contribution in [2.75, 3.05) is 0 Å². The predicted octanol–water partition coefficient (Wildman–Crippen LogP) is 5.51. The lowest BCUT2D eigenvalue weighted by Gasteiger charge is -2.00. The maximum absolute atomic E-state index is 13.0. The Morgan fingerprint density at radius 1 is 0.967 bits per heavy atom. The van der Waals surface area contributed by atoms with Gasteiger partial charge in [0.15, 0.2) is 23.2 Å². The van der Waals surface area contributed by atoms with E-state index in [1.54, 1.807) is 12.3 Å². The normalized spacial score (nSPS) is 13.6. The SMILES string of the molecule is Cn1c(-c2ccco2)nc2sc(C=C3C(=O)c4cc5ccccc5cc4C3=O)cc21. The van der Waals surface area contributed by atoms with Crippen molar-refractivity contribution in [3.05, 3.63) is 82.4 Å². The summed E-state index contributed by atoms with van der Waals surface area (Å²) in [7, 11) is 1.92. The number of hydrogen-bond donors (Lipinski definition) is 0. The molecule has 3 aromatic heterocycles. The third kappa shape index (κ3) is 2.37. The van der Waals surface area contributed by atoms with Crippen molar-refractivity contribution in [3.63, 3.8) is 0 Å². The maximum atomic E-state index is 13.0. The number of thiophene rings is 1. The van der Waals surface area contributed by atoms with Gasteiger partial charge in [-0.15, -0.1) is 11.3 Å². The van der Waals surface area contributed by atoms with Crippen molar-refractivity contribution < 1.29 is 14.0 Å². The number of fused-ring (bicyclic) bond motifs is 3. The molecule has 0 amide bonds. The van der Waals surface area contributed by atoms with Gasteiger partial charge in [-0.05, 0) is 47.2 Å². The molecule has 0 bridgehead atoms. The standard InChI is InChI=1S/C24H14N2O3S/c1-26-19-12-15(30-24(19)25-23(26)20-7-4-8-29-20)11-18-21(27)16-9-13-5-2-3-6-14(13)10-17(16)22(18)28/h2-12H,1H3. The Balaban J connectivity index is 1.43. The van der Waals surface area contributed by atoms with Gasteiger partial charge in [0.25, 0.3) is 0 Å². The van der Waals surface area contributed by atoms with Crippen LogP contribution in [0.15, 0.2) is 70.9 Å². The first-order chi connectivity index (χ1) is 14.6. The second-order valence-corrected chi connectivity index (χ2v) is 8.33. The molecule has 1 aliphatic rings. The summed E-state index contributed by atoms with van der Waals surface area (Å²) in [6.07, 6.45) is 3.31. The summed E-state index contributed by atoms with van der Waals surface area (Å²) in [4.78, 5) is 32.2. The Kier molecular flexibility index (Phi) is 3.49. The van der Waals surface area contributed by atoms with Crippen LogP contribution in [0.4, 0.5) is 0 Å². The third-order valence-electron chi connectivity index (χ3n) is 5.49. The van der Waals surface area contributed by atoms with Gasteiger partial charge >= 0.3 is 0 Å². The zero-order chi connectivity index (χ0) is 20.4. The minimum absolute atomic E-state index is 0.207. The van der Waals surface area contributed by atoms with Crippen LogP contribution in [0.25, 0.3) is 38.8 Å². The molecule has 0 fully saturated rings. The van der Waals surface area contributed by atoms with Crippen molar-refractivity contribution in [3.8, 4) is 11.6 Å². The number of aromatic nitrogens is 2. The van der Waals surface area contributed by atoms with E-state index >= 15 is 0 Å². The molecule has 30 heavy (non-hydrogen) atoms. The molecule has 1 aliphatic carbocycles. The number of furan rings is 1. The van der Waals surface area contributed by atoms with E-state index in [1.165, 1.54) is 11.3 Å². The predicted molar refractivity (Wildman–Crippen MR) is 117 cm³/mol. The van der Waals surface area contributed by atoms with Gasteiger partial charge in [-0.25, -0.2) is 4.98 Å². The minimum atomic E-state index is -0.220. The van der Waals surface area contributed by atoms with Crippen LogP contribution in [0, 0.1) is 0 Å². The smallest absolute Gasteiger partial charge is 0.197 e. The molecule has 0 unspecified atom stereocenters. The fraction of sp³-hybridized carbons (Fsp3) is 0.0417. The molecule has 6 heteroatoms. The van der Waals surface area contributed by atoms with E-state index in [9.17, 15) is 9.59 Å². The lowest BCUT2D eigenvalue weighted by molar-refractivity contribution is 0.0990. The number of benzene rings is 2. The summed E-state index contributed by atoms with van der Waals surface area (Å²) in [5.74, 6) is 1.00. The Labute approximate surface area is 174 Å². The topological polar surface area (TPSA) is 65.1 Å². The van der Waals surface area contributed by atoms with Gasteiger partial charge in [-0.1, -0.05) is 24.3 Å². The molecule has 0 radical (unpaired) electrons. The third-order valence-corrected chi connectivity index (χ3v) is 6.46. The Bertz CT molecular complexity index is 1480. The van der Waals surface area contributed by atoms with Gasteiger partial charge < -0.3 is 8.98 Å². The second kappa shape index (κ2) is 6.11. The van der Waals surface area contributed by atoms with Crippen LogP contribution in [0.1, 0.15) is 25.6 Å². The van der Waals surface area contributed by atoms with Crippen LogP contribution in [0.5, 0.6) is 0 Å². The van der Waals surface area contributed by atoms with Crippen LogP contribution in [-0.2, 0) is 7.05 Å². The van der Waals surface area contributed by atoms with E-state index in [2.05, 4.69) is 4.98 Å². The summed E-state index contributed by atoms with van der Waals surface area (Å²) in [6.45, 7) is 0. The van der Waals surface area contributed by atoms with E-state index < -0.39 is 0 Å². The highest BCUT2D eigenvalue weighted by Gasteiger charge is 2.33. The molecule has 6 rings (SSSR count). The average molecular weight is 410 g/mol. The van der Waals surface area contributed by atoms with Crippen LogP contribution < -0.4 is 0 Å². The van der Waals surface area contributed by atoms with E-state index in [1.807, 2.05) is 66.2 Å². The van der Waals surface area contributed by atoms with Gasteiger partial charge in [0.05, 0.1) is 17.4 Å². The molecule has 0 saturated heterocycles. The molecule has 144 valence electrons. The number of hydrogen-bond acceptors (Lipinski definition) is 5. The molecule has 0 aliphatic heterocycles. The van der Waals surface area contributed by atoms with Crippen LogP contribution in [0.3, 0.4) is 0 Å². The lowest BCUT2D eigenvalue weighted by atomic mass is 10.0. The molecular formula is C24H14N2O3S. The van der Waals surface area contributed by atoms with Gasteiger partial charge in [0.1, 0.15) is 4.83 Å². The Morgan fingerprint density at radius 3 is 2.27 bits per heavy atom. The van der Waals surface area contributed by atoms with Crippen LogP contribution in [0.2, 0.25) is 0 Å². The zero-order valence-electron chi connectivity index (χ0n) is 15.9. The number of ketones is 2. The largest absolute Gasteiger partial charge is 0.461 e. The molecular weight excluding hydrogens is 396 g/mol. The number of carbonyl (C=O) groups excluding carboxylic acids is 2. The number of rotatable bonds is 2. The molecule has 0 N–H and O–H groups in total. The molecule has 5 aromatic rings. The fourth-order valence-electron chi connectivity index (χ4n) is 3.98. The summed E-state index contributed by atoms with van der Waals surface area (Å²) in [6, 6.07) is 17.0. The molecule has 2 aromatic carbocycles. The highest BCUT2D eigenvalue weighted by atomic mass is 32.1. The van der Waals surface area contributed by atoms with E-state index in [-0.39, 0.29) is 17.1 Å². The summed E-state index contributed by atoms with van der Waals surface area (Å²) >= 11 is 1.45. The van der Waals surface area contributed by atoms with Crippen molar-refractivity contribution in [2.24, 2.45) is 7.05 Å². The first kappa shape index (κ1) is 17.1. The monoisotopic (exact) mass is 410 g/mol. The first-order valence-corrected chi connectivity index (χ1v) is 10.3. The summed E-state index contributed by atoms with van der Waals surface area (Å²) in [5.41, 5.74) is 2.09. The summed E-state index contributed by atoms with van der Waals surface area (Å²) in [5, 5.41) is 1.91. The lowest BCUT2D eigenvalue weighted by Crippen LogP contribution is -1.99. The van der Waals surface area contributed by atoms with Crippen molar-refractivity contribution in [2.45, 2.75) is 0 Å². The van der Waals surface area contributed by atoms with Gasteiger partial charge in [0.2, 0.25) is 0 Å². The molecule has 3 heterocycles. The molecule has 0 atom stereocenters. The van der Waals surface area contributed by atoms with Crippen LogP contribution >= 0.6 is 11.3 Å². The molecule has 0 spiro atoms. The van der Waals surface area contributed by atoms with E-state index in [0.717, 1.165) is 31.8 Å². The highest BCUT2D eigenvalue weighted by Crippen LogP contribution is 2.35. The van der Waals surface area contributed by atoms with Crippen molar-refractivity contribution >= 4 is 50.1 Å². The Morgan fingerprint density at radius 2 is 1.67 bits per heavy atom. The minimum Gasteiger partial charge on any atom is -0.461 e. The van der Waals surface area contributed by atoms with Gasteiger partial charge in [0, 0.05) is 23.1 Å².